The number of aldehydes is 1. The molecule has 0 bridgehead atoms. The maximum absolute atomic E-state index is 12.7. The standard InChI is InChI=1S/C13H17FN2O3/c1-13(2,3)19-12(18)16(4)10(8-17)9-5-6-11(14)15-7-9/h5-8,10H,1-4H3. The molecule has 1 atom stereocenters. The lowest BCUT2D eigenvalue weighted by atomic mass is 10.1. The molecule has 1 amide bonds. The van der Waals surface area contributed by atoms with Gasteiger partial charge < -0.3 is 9.53 Å². The third-order valence-electron chi connectivity index (χ3n) is 2.32. The van der Waals surface area contributed by atoms with Crippen molar-refractivity contribution >= 4 is 12.4 Å². The zero-order valence-electron chi connectivity index (χ0n) is 11.4. The summed E-state index contributed by atoms with van der Waals surface area (Å²) >= 11 is 0. The van der Waals surface area contributed by atoms with Gasteiger partial charge in [0.05, 0.1) is 0 Å². The van der Waals surface area contributed by atoms with Crippen LogP contribution in [0.2, 0.25) is 0 Å². The Morgan fingerprint density at radius 1 is 1.47 bits per heavy atom. The van der Waals surface area contributed by atoms with Gasteiger partial charge in [0, 0.05) is 18.8 Å². The molecule has 0 aliphatic carbocycles. The molecule has 5 nitrogen and oxygen atoms in total. The third kappa shape index (κ3) is 4.31. The molecule has 0 spiro atoms. The van der Waals surface area contributed by atoms with Crippen molar-refractivity contribution < 1.29 is 18.7 Å². The summed E-state index contributed by atoms with van der Waals surface area (Å²) in [6, 6.07) is 1.68. The van der Waals surface area contributed by atoms with Gasteiger partial charge in [-0.2, -0.15) is 4.39 Å². The number of hydrogen-bond acceptors (Lipinski definition) is 4. The van der Waals surface area contributed by atoms with E-state index < -0.39 is 23.7 Å². The summed E-state index contributed by atoms with van der Waals surface area (Å²) in [5.41, 5.74) is -0.232. The second kappa shape index (κ2) is 5.77. The van der Waals surface area contributed by atoms with Crippen molar-refractivity contribution in [2.24, 2.45) is 0 Å². The molecular weight excluding hydrogens is 251 g/mol. The SMILES string of the molecule is CN(C(=O)OC(C)(C)C)C(C=O)c1ccc(F)nc1. The van der Waals surface area contributed by atoms with Crippen molar-refractivity contribution in [1.82, 2.24) is 9.88 Å². The van der Waals surface area contributed by atoms with Gasteiger partial charge >= 0.3 is 6.09 Å². The zero-order chi connectivity index (χ0) is 14.6. The van der Waals surface area contributed by atoms with Crippen LogP contribution in [0.5, 0.6) is 0 Å². The number of nitrogens with zero attached hydrogens (tertiary/aromatic N) is 2. The monoisotopic (exact) mass is 268 g/mol. The highest BCUT2D eigenvalue weighted by atomic mass is 19.1. The summed E-state index contributed by atoms with van der Waals surface area (Å²) < 4.78 is 17.9. The minimum atomic E-state index is -0.858. The van der Waals surface area contributed by atoms with Gasteiger partial charge in [0.1, 0.15) is 17.9 Å². The second-order valence-electron chi connectivity index (χ2n) is 5.09. The van der Waals surface area contributed by atoms with Gasteiger partial charge in [0.25, 0.3) is 0 Å². The minimum Gasteiger partial charge on any atom is -0.444 e. The van der Waals surface area contributed by atoms with Crippen LogP contribution in [0.15, 0.2) is 18.3 Å². The molecule has 1 rings (SSSR count). The Balaban J connectivity index is 2.88. The molecule has 0 N–H and O–H groups in total. The van der Waals surface area contributed by atoms with Gasteiger partial charge in [-0.25, -0.2) is 9.78 Å². The summed E-state index contributed by atoms with van der Waals surface area (Å²) in [7, 11) is 1.44. The highest BCUT2D eigenvalue weighted by molar-refractivity contribution is 5.74. The molecule has 0 radical (unpaired) electrons. The molecule has 1 aromatic heterocycles. The van der Waals surface area contributed by atoms with E-state index >= 15 is 0 Å². The number of carbonyl (C=O) groups excluding carboxylic acids is 2. The number of hydrogen-bond donors (Lipinski definition) is 0. The van der Waals surface area contributed by atoms with Crippen LogP contribution >= 0.6 is 0 Å². The molecule has 1 aromatic rings. The van der Waals surface area contributed by atoms with E-state index in [4.69, 9.17) is 4.74 Å². The van der Waals surface area contributed by atoms with E-state index in [0.29, 0.717) is 11.8 Å². The van der Waals surface area contributed by atoms with E-state index in [0.717, 1.165) is 11.0 Å². The largest absolute Gasteiger partial charge is 0.444 e. The van der Waals surface area contributed by atoms with Crippen LogP contribution in [0.4, 0.5) is 9.18 Å². The van der Waals surface area contributed by atoms with E-state index in [1.54, 1.807) is 20.8 Å². The molecule has 1 unspecified atom stereocenters. The van der Waals surface area contributed by atoms with Crippen LogP contribution in [0, 0.1) is 5.95 Å². The third-order valence-corrected chi connectivity index (χ3v) is 2.32. The van der Waals surface area contributed by atoms with Crippen molar-refractivity contribution in [3.63, 3.8) is 0 Å². The second-order valence-corrected chi connectivity index (χ2v) is 5.09. The smallest absolute Gasteiger partial charge is 0.410 e. The lowest BCUT2D eigenvalue weighted by molar-refractivity contribution is -0.112. The highest BCUT2D eigenvalue weighted by Crippen LogP contribution is 2.19. The lowest BCUT2D eigenvalue weighted by Gasteiger charge is -2.28. The Morgan fingerprint density at radius 2 is 2.11 bits per heavy atom. The highest BCUT2D eigenvalue weighted by Gasteiger charge is 2.26. The maximum Gasteiger partial charge on any atom is 0.410 e. The first-order valence-corrected chi connectivity index (χ1v) is 5.77. The van der Waals surface area contributed by atoms with Crippen LogP contribution in [-0.4, -0.2) is 34.9 Å². The van der Waals surface area contributed by atoms with E-state index in [9.17, 15) is 14.0 Å². The zero-order valence-corrected chi connectivity index (χ0v) is 11.4. The van der Waals surface area contributed by atoms with E-state index in [-0.39, 0.29) is 0 Å². The summed E-state index contributed by atoms with van der Waals surface area (Å²) in [5, 5.41) is 0. The Bertz CT molecular complexity index is 454. The van der Waals surface area contributed by atoms with E-state index in [1.807, 2.05) is 0 Å². The first-order chi connectivity index (χ1) is 8.74. The topological polar surface area (TPSA) is 59.5 Å². The molecule has 6 heteroatoms. The normalized spacial score (nSPS) is 12.7. The first kappa shape index (κ1) is 15.1. The molecule has 0 aromatic carbocycles. The van der Waals surface area contributed by atoms with Crippen LogP contribution in [0.1, 0.15) is 32.4 Å². The maximum atomic E-state index is 12.7. The summed E-state index contributed by atoms with van der Waals surface area (Å²) in [4.78, 5) is 27.6. The van der Waals surface area contributed by atoms with E-state index in [1.165, 1.54) is 19.3 Å². The average Bonchev–Trinajstić information content (AvgIpc) is 2.30. The Morgan fingerprint density at radius 3 is 2.53 bits per heavy atom. The van der Waals surface area contributed by atoms with Crippen molar-refractivity contribution in [1.29, 1.82) is 0 Å². The van der Waals surface area contributed by atoms with Gasteiger partial charge in [-0.3, -0.25) is 4.90 Å². The number of rotatable bonds is 3. The number of aromatic nitrogens is 1. The van der Waals surface area contributed by atoms with Crippen LogP contribution in [-0.2, 0) is 9.53 Å². The molecule has 104 valence electrons. The molecule has 1 heterocycles. The summed E-state index contributed by atoms with van der Waals surface area (Å²) in [5.74, 6) is -0.645. The van der Waals surface area contributed by atoms with Crippen molar-refractivity contribution in [2.75, 3.05) is 7.05 Å². The number of amides is 1. The Labute approximate surface area is 111 Å². The molecule has 0 saturated carbocycles. The van der Waals surface area contributed by atoms with Crippen molar-refractivity contribution in [3.8, 4) is 0 Å². The number of pyridine rings is 1. The predicted octanol–water partition coefficient (Wildman–Crippen LogP) is 2.33. The lowest BCUT2D eigenvalue weighted by Crippen LogP contribution is -2.37. The summed E-state index contributed by atoms with van der Waals surface area (Å²) in [6.07, 6.45) is 1.17. The number of carbonyl (C=O) groups is 2. The molecule has 0 saturated heterocycles. The van der Waals surface area contributed by atoms with Gasteiger partial charge in [-0.05, 0) is 26.8 Å². The fourth-order valence-electron chi connectivity index (χ4n) is 1.40. The fraction of sp³-hybridized carbons (Fsp3) is 0.462. The fourth-order valence-corrected chi connectivity index (χ4v) is 1.40. The molecule has 0 aliphatic rings. The Hall–Kier alpha value is -1.98. The number of halogens is 1. The Kier molecular flexibility index (Phi) is 4.58. The van der Waals surface area contributed by atoms with Crippen molar-refractivity contribution in [3.05, 3.63) is 29.8 Å². The number of likely N-dealkylation sites (N-methyl/N-ethyl adjacent to an activating group) is 1. The average molecular weight is 268 g/mol. The van der Waals surface area contributed by atoms with Gasteiger partial charge in [0.2, 0.25) is 5.95 Å². The van der Waals surface area contributed by atoms with Crippen molar-refractivity contribution in [2.45, 2.75) is 32.4 Å². The molecular formula is C13H17FN2O3. The van der Waals surface area contributed by atoms with Crippen LogP contribution in [0.25, 0.3) is 0 Å². The van der Waals surface area contributed by atoms with Crippen LogP contribution in [0.3, 0.4) is 0 Å². The molecule has 0 aliphatic heterocycles. The number of ether oxygens (including phenoxy) is 1. The summed E-state index contributed by atoms with van der Waals surface area (Å²) in [6.45, 7) is 5.19. The molecule has 19 heavy (non-hydrogen) atoms. The molecule has 0 fully saturated rings. The first-order valence-electron chi connectivity index (χ1n) is 5.77. The van der Waals surface area contributed by atoms with Gasteiger partial charge in [-0.1, -0.05) is 6.07 Å². The quantitative estimate of drug-likeness (QED) is 0.623. The van der Waals surface area contributed by atoms with Gasteiger partial charge in [0.15, 0.2) is 0 Å². The van der Waals surface area contributed by atoms with Gasteiger partial charge in [-0.15, -0.1) is 0 Å². The minimum absolute atomic E-state index is 0.421. The van der Waals surface area contributed by atoms with Crippen LogP contribution < -0.4 is 0 Å². The predicted molar refractivity (Wildman–Crippen MR) is 67.0 cm³/mol. The van der Waals surface area contributed by atoms with E-state index in [2.05, 4.69) is 4.98 Å².